The smallest absolute Gasteiger partial charge is 0.303 e. The topological polar surface area (TPSA) is 107 Å². The molecule has 226 valence electrons. The van der Waals surface area contributed by atoms with E-state index in [9.17, 15) is 24.3 Å². The first kappa shape index (κ1) is 30.2. The van der Waals surface area contributed by atoms with Gasteiger partial charge in [-0.15, -0.1) is 0 Å². The zero-order chi connectivity index (χ0) is 30.4. The average Bonchev–Trinajstić information content (AvgIpc) is 3.46. The second-order valence-electron chi connectivity index (χ2n) is 14.9. The summed E-state index contributed by atoms with van der Waals surface area (Å²) in [5.41, 5.74) is -0.436. The van der Waals surface area contributed by atoms with E-state index in [0.29, 0.717) is 18.4 Å². The fraction of sp³-hybridized carbons (Fsp3) is 0.765. The molecule has 4 saturated carbocycles. The van der Waals surface area contributed by atoms with Gasteiger partial charge in [-0.1, -0.05) is 54.2 Å². The minimum Gasteiger partial charge on any atom is -0.462 e. The highest BCUT2D eigenvalue weighted by molar-refractivity contribution is 5.99. The molecule has 0 radical (unpaired) electrons. The molecule has 5 rings (SSSR count). The quantitative estimate of drug-likeness (QED) is 0.331. The Balaban J connectivity index is 1.57. The molecule has 0 heterocycles. The van der Waals surface area contributed by atoms with Gasteiger partial charge in [0.05, 0.1) is 6.10 Å². The molecule has 5 aliphatic rings. The molecule has 7 heteroatoms. The molecule has 12 atom stereocenters. The van der Waals surface area contributed by atoms with Gasteiger partial charge in [-0.3, -0.25) is 19.2 Å². The summed E-state index contributed by atoms with van der Waals surface area (Å²) in [4.78, 5) is 51.0. The lowest BCUT2D eigenvalue weighted by molar-refractivity contribution is -0.170. The van der Waals surface area contributed by atoms with Crippen LogP contribution < -0.4 is 0 Å². The highest BCUT2D eigenvalue weighted by Gasteiger charge is 2.83. The van der Waals surface area contributed by atoms with Gasteiger partial charge >= 0.3 is 11.9 Å². The minimum absolute atomic E-state index is 0.00739. The number of allylic oxidation sites excluding steroid dienone is 2. The van der Waals surface area contributed by atoms with Crippen LogP contribution in [0.3, 0.4) is 0 Å². The van der Waals surface area contributed by atoms with Crippen LogP contribution in [-0.2, 0) is 28.7 Å². The molecule has 41 heavy (non-hydrogen) atoms. The Hall–Kier alpha value is -2.28. The van der Waals surface area contributed by atoms with E-state index >= 15 is 0 Å². The van der Waals surface area contributed by atoms with Crippen LogP contribution in [0.25, 0.3) is 0 Å². The molecule has 0 aromatic carbocycles. The maximum atomic E-state index is 13.7. The predicted molar refractivity (Wildman–Crippen MR) is 153 cm³/mol. The second-order valence-corrected chi connectivity index (χ2v) is 14.9. The third-order valence-corrected chi connectivity index (χ3v) is 12.9. The summed E-state index contributed by atoms with van der Waals surface area (Å²) < 4.78 is 11.8. The first-order valence-corrected chi connectivity index (χ1v) is 15.5. The highest BCUT2D eigenvalue weighted by Crippen LogP contribution is 2.87. The Morgan fingerprint density at radius 3 is 2.32 bits per heavy atom. The Labute approximate surface area is 244 Å². The fourth-order valence-electron chi connectivity index (χ4n) is 10.9. The van der Waals surface area contributed by atoms with Crippen LogP contribution >= 0.6 is 0 Å². The molecule has 0 unspecified atom stereocenters. The summed E-state index contributed by atoms with van der Waals surface area (Å²) >= 11 is 0. The van der Waals surface area contributed by atoms with E-state index in [1.165, 1.54) is 13.8 Å². The SMILES string of the molecule is C=C(C(=O)[C@H](OC(C)=O)[C@@H](C)[C@H]1[C@@H](OC(C)=O)C[C@@]2(C)[C@@H]3C[C@@H](O)[C@H]4[C@H](C)C(=O)C=C[C@@]45C[C@@]35CC[C@]12C)C(C)C. The number of ether oxygens (including phenoxy) is 2. The summed E-state index contributed by atoms with van der Waals surface area (Å²) in [5.74, 6) is -1.96. The van der Waals surface area contributed by atoms with Gasteiger partial charge in [0.1, 0.15) is 6.10 Å². The zero-order valence-corrected chi connectivity index (χ0v) is 26.0. The van der Waals surface area contributed by atoms with Crippen LogP contribution in [0, 0.1) is 57.2 Å². The third-order valence-electron chi connectivity index (χ3n) is 12.9. The summed E-state index contributed by atoms with van der Waals surface area (Å²) in [6.07, 6.45) is 5.78. The summed E-state index contributed by atoms with van der Waals surface area (Å²) in [5, 5.41) is 11.6. The van der Waals surface area contributed by atoms with Gasteiger partial charge in [0.25, 0.3) is 0 Å². The van der Waals surface area contributed by atoms with Gasteiger partial charge in [-0.05, 0) is 71.8 Å². The molecule has 0 bridgehead atoms. The number of hydrogen-bond acceptors (Lipinski definition) is 7. The minimum atomic E-state index is -1.03. The first-order chi connectivity index (χ1) is 19.0. The fourth-order valence-corrected chi connectivity index (χ4v) is 10.9. The molecule has 2 spiro atoms. The number of Topliss-reactive ketones (excluding diaryl/α,β-unsaturated/α-hetero) is 1. The number of aliphatic hydroxyl groups excluding tert-OH is 1. The van der Waals surface area contributed by atoms with Crippen LogP contribution in [0.15, 0.2) is 24.3 Å². The predicted octanol–water partition coefficient (Wildman–Crippen LogP) is 5.24. The normalized spacial score (nSPS) is 45.5. The van der Waals surface area contributed by atoms with E-state index in [0.717, 1.165) is 19.3 Å². The molecule has 0 aromatic rings. The molecule has 1 N–H and O–H groups in total. The lowest BCUT2D eigenvalue weighted by Crippen LogP contribution is -2.58. The van der Waals surface area contributed by atoms with Crippen LogP contribution in [0.4, 0.5) is 0 Å². The van der Waals surface area contributed by atoms with Crippen molar-refractivity contribution in [3.05, 3.63) is 24.3 Å². The van der Waals surface area contributed by atoms with Crippen LogP contribution in [0.5, 0.6) is 0 Å². The number of ketones is 2. The molecule has 0 amide bonds. The molecule has 0 saturated heterocycles. The lowest BCUT2D eigenvalue weighted by atomic mass is 9.43. The maximum Gasteiger partial charge on any atom is 0.303 e. The van der Waals surface area contributed by atoms with Crippen molar-refractivity contribution in [1.82, 2.24) is 0 Å². The number of esters is 2. The molecular weight excluding hydrogens is 520 g/mol. The summed E-state index contributed by atoms with van der Waals surface area (Å²) in [6, 6.07) is 0. The van der Waals surface area contributed by atoms with Crippen molar-refractivity contribution < 1.29 is 33.8 Å². The van der Waals surface area contributed by atoms with Crippen molar-refractivity contribution in [2.24, 2.45) is 57.2 Å². The van der Waals surface area contributed by atoms with Crippen LogP contribution in [0.1, 0.15) is 87.5 Å². The number of fused-ring (bicyclic) bond motifs is 2. The zero-order valence-electron chi connectivity index (χ0n) is 26.0. The van der Waals surface area contributed by atoms with Gasteiger partial charge < -0.3 is 14.6 Å². The standard InChI is InChI=1S/C34H48O7/c1-17(2)18(3)29(39)30(41-22(7)36)20(5)28-25(40-21(6)35)15-32(9)26-14-24(38)27-19(4)23(37)10-11-34(27)16-33(26,34)13-12-31(28,32)8/h10-11,17,19-20,24-28,30,38H,3,12-16H2,1-2,4-9H3/t19-,20+,24-,25+,26+,27-,28+,30-,31-,32+,33+,34-/m1/s1. The van der Waals surface area contributed by atoms with Gasteiger partial charge in [-0.2, -0.15) is 0 Å². The number of rotatable bonds is 7. The van der Waals surface area contributed by atoms with E-state index in [1.807, 2.05) is 27.7 Å². The third kappa shape index (κ3) is 4.00. The van der Waals surface area contributed by atoms with E-state index in [2.05, 4.69) is 26.5 Å². The monoisotopic (exact) mass is 568 g/mol. The largest absolute Gasteiger partial charge is 0.462 e. The van der Waals surface area contributed by atoms with E-state index < -0.39 is 30.2 Å². The van der Waals surface area contributed by atoms with Gasteiger partial charge in [0.2, 0.25) is 0 Å². The summed E-state index contributed by atoms with van der Waals surface area (Å²) in [7, 11) is 0. The van der Waals surface area contributed by atoms with Gasteiger partial charge in [-0.25, -0.2) is 0 Å². The lowest BCUT2D eigenvalue weighted by Gasteiger charge is -2.61. The number of hydrogen-bond donors (Lipinski definition) is 1. The van der Waals surface area contributed by atoms with Crippen molar-refractivity contribution in [3.63, 3.8) is 0 Å². The van der Waals surface area contributed by atoms with E-state index in [-0.39, 0.29) is 68.8 Å². The highest BCUT2D eigenvalue weighted by atomic mass is 16.6. The molecule has 0 aliphatic heterocycles. The Morgan fingerprint density at radius 1 is 1.07 bits per heavy atom. The van der Waals surface area contributed by atoms with Crippen molar-refractivity contribution >= 4 is 23.5 Å². The van der Waals surface area contributed by atoms with E-state index in [4.69, 9.17) is 9.47 Å². The molecule has 7 nitrogen and oxygen atoms in total. The molecule has 4 fully saturated rings. The average molecular weight is 569 g/mol. The first-order valence-electron chi connectivity index (χ1n) is 15.5. The van der Waals surface area contributed by atoms with Crippen molar-refractivity contribution in [2.45, 2.75) is 106 Å². The van der Waals surface area contributed by atoms with Gasteiger partial charge in [0.15, 0.2) is 17.7 Å². The Kier molecular flexibility index (Phi) is 7.08. The van der Waals surface area contributed by atoms with Gasteiger partial charge in [0, 0.05) is 42.9 Å². The van der Waals surface area contributed by atoms with Crippen molar-refractivity contribution in [3.8, 4) is 0 Å². The second kappa shape index (κ2) is 9.62. The number of carbonyl (C=O) groups is 4. The molecular formula is C34H48O7. The Bertz CT molecular complexity index is 1220. The molecule has 5 aliphatic carbocycles. The molecule has 0 aromatic heterocycles. The van der Waals surface area contributed by atoms with Crippen molar-refractivity contribution in [1.29, 1.82) is 0 Å². The van der Waals surface area contributed by atoms with E-state index in [1.54, 1.807) is 6.08 Å². The van der Waals surface area contributed by atoms with Crippen molar-refractivity contribution in [2.75, 3.05) is 0 Å². The number of carbonyl (C=O) groups excluding carboxylic acids is 4. The van der Waals surface area contributed by atoms with Crippen LogP contribution in [-0.4, -0.2) is 46.9 Å². The van der Waals surface area contributed by atoms with Crippen LogP contribution in [0.2, 0.25) is 0 Å². The maximum absolute atomic E-state index is 13.7. The summed E-state index contributed by atoms with van der Waals surface area (Å²) in [6.45, 7) is 19.0. The Morgan fingerprint density at radius 2 is 1.73 bits per heavy atom. The number of aliphatic hydroxyl groups is 1.